The van der Waals surface area contributed by atoms with E-state index in [-0.39, 0.29) is 18.1 Å². The van der Waals surface area contributed by atoms with Crippen LogP contribution in [0.5, 0.6) is 0 Å². The summed E-state index contributed by atoms with van der Waals surface area (Å²) in [6.07, 6.45) is 0.936. The normalized spacial score (nSPS) is 19.4. The molecule has 17 heavy (non-hydrogen) atoms. The molecule has 1 aliphatic rings. The monoisotopic (exact) mass is 263 g/mol. The second-order valence-corrected chi connectivity index (χ2v) is 6.33. The Labute approximate surface area is 103 Å². The van der Waals surface area contributed by atoms with E-state index in [4.69, 9.17) is 0 Å². The Balaban J connectivity index is 2.33. The fourth-order valence-electron chi connectivity index (χ4n) is 1.76. The van der Waals surface area contributed by atoms with E-state index in [1.807, 2.05) is 7.05 Å². The molecule has 6 nitrogen and oxygen atoms in total. The maximum Gasteiger partial charge on any atom is 0.223 e. The molecule has 1 amide bonds. The van der Waals surface area contributed by atoms with E-state index in [1.165, 1.54) is 4.31 Å². The molecule has 0 aromatic rings. The van der Waals surface area contributed by atoms with Gasteiger partial charge in [-0.2, -0.15) is 0 Å². The second kappa shape index (κ2) is 6.32. The van der Waals surface area contributed by atoms with Crippen LogP contribution in [-0.2, 0) is 14.8 Å². The molecule has 100 valence electrons. The summed E-state index contributed by atoms with van der Waals surface area (Å²) in [6, 6.07) is 0. The van der Waals surface area contributed by atoms with Gasteiger partial charge in [0.15, 0.2) is 0 Å². The van der Waals surface area contributed by atoms with Crippen molar-refractivity contribution in [2.24, 2.45) is 0 Å². The van der Waals surface area contributed by atoms with Crippen molar-refractivity contribution in [3.8, 4) is 0 Å². The summed E-state index contributed by atoms with van der Waals surface area (Å²) in [6.45, 7) is 2.24. The summed E-state index contributed by atoms with van der Waals surface area (Å²) >= 11 is 0. The summed E-state index contributed by atoms with van der Waals surface area (Å²) in [7, 11) is 0.488. The lowest BCUT2D eigenvalue weighted by molar-refractivity contribution is -0.129. The average molecular weight is 263 g/mol. The molecule has 1 N–H and O–H groups in total. The molecular weight excluding hydrogens is 242 g/mol. The van der Waals surface area contributed by atoms with Crippen LogP contribution in [0.4, 0.5) is 0 Å². The zero-order chi connectivity index (χ0) is 12.9. The largest absolute Gasteiger partial charge is 0.344 e. The molecule has 0 radical (unpaired) electrons. The van der Waals surface area contributed by atoms with Gasteiger partial charge in [0.05, 0.1) is 5.75 Å². The zero-order valence-electron chi connectivity index (χ0n) is 10.5. The number of rotatable bonds is 6. The van der Waals surface area contributed by atoms with E-state index in [1.54, 1.807) is 11.9 Å². The zero-order valence-corrected chi connectivity index (χ0v) is 11.3. The first-order chi connectivity index (χ1) is 7.97. The van der Waals surface area contributed by atoms with Crippen LogP contribution < -0.4 is 5.32 Å². The number of likely N-dealkylation sites (N-methyl/N-ethyl adjacent to an activating group) is 2. The highest BCUT2D eigenvalue weighted by Gasteiger charge is 2.28. The van der Waals surface area contributed by atoms with Crippen molar-refractivity contribution in [2.75, 3.05) is 46.0 Å². The van der Waals surface area contributed by atoms with Gasteiger partial charge in [-0.3, -0.25) is 4.79 Å². The number of nitrogens with one attached hydrogen (secondary N) is 1. The van der Waals surface area contributed by atoms with Crippen LogP contribution in [0, 0.1) is 0 Å². The fourth-order valence-corrected chi connectivity index (χ4v) is 3.29. The minimum atomic E-state index is -3.08. The van der Waals surface area contributed by atoms with Gasteiger partial charge >= 0.3 is 0 Å². The highest BCUT2D eigenvalue weighted by Crippen LogP contribution is 2.13. The number of amides is 1. The topological polar surface area (TPSA) is 69.7 Å². The SMILES string of the molecule is CNCCN(C)C(=O)CCN1CCCS1(=O)=O. The van der Waals surface area contributed by atoms with Crippen molar-refractivity contribution in [2.45, 2.75) is 12.8 Å². The van der Waals surface area contributed by atoms with E-state index in [9.17, 15) is 13.2 Å². The Hall–Kier alpha value is -0.660. The number of carbonyl (C=O) groups excluding carboxylic acids is 1. The number of carbonyl (C=O) groups is 1. The molecule has 0 saturated carbocycles. The Morgan fingerprint density at radius 2 is 2.18 bits per heavy atom. The molecule has 0 atom stereocenters. The Kier molecular flexibility index (Phi) is 5.35. The summed E-state index contributed by atoms with van der Waals surface area (Å²) in [5.74, 6) is 0.207. The summed E-state index contributed by atoms with van der Waals surface area (Å²) < 4.78 is 24.4. The molecule has 1 heterocycles. The quantitative estimate of drug-likeness (QED) is 0.673. The third-order valence-electron chi connectivity index (χ3n) is 2.90. The highest BCUT2D eigenvalue weighted by atomic mass is 32.2. The molecule has 7 heteroatoms. The van der Waals surface area contributed by atoms with Crippen molar-refractivity contribution in [3.05, 3.63) is 0 Å². The number of sulfonamides is 1. The second-order valence-electron chi connectivity index (χ2n) is 4.24. The lowest BCUT2D eigenvalue weighted by Gasteiger charge is -2.19. The minimum Gasteiger partial charge on any atom is -0.344 e. The molecule has 0 aromatic carbocycles. The van der Waals surface area contributed by atoms with Gasteiger partial charge in [-0.1, -0.05) is 0 Å². The van der Waals surface area contributed by atoms with Gasteiger partial charge in [0.25, 0.3) is 0 Å². The van der Waals surface area contributed by atoms with Crippen LogP contribution in [0.3, 0.4) is 0 Å². The molecule has 1 aliphatic heterocycles. The summed E-state index contributed by atoms with van der Waals surface area (Å²) in [5.41, 5.74) is 0. The first-order valence-electron chi connectivity index (χ1n) is 5.84. The van der Waals surface area contributed by atoms with Crippen LogP contribution in [0.15, 0.2) is 0 Å². The van der Waals surface area contributed by atoms with E-state index in [2.05, 4.69) is 5.32 Å². The maximum absolute atomic E-state index is 11.7. The molecule has 0 unspecified atom stereocenters. The minimum absolute atomic E-state index is 0.0117. The smallest absolute Gasteiger partial charge is 0.223 e. The lowest BCUT2D eigenvalue weighted by Crippen LogP contribution is -2.36. The van der Waals surface area contributed by atoms with Crippen LogP contribution in [-0.4, -0.2) is 69.6 Å². The van der Waals surface area contributed by atoms with Crippen LogP contribution in [0.25, 0.3) is 0 Å². The Bertz CT molecular complexity index is 356. The van der Waals surface area contributed by atoms with E-state index in [0.29, 0.717) is 26.1 Å². The first-order valence-corrected chi connectivity index (χ1v) is 7.44. The van der Waals surface area contributed by atoms with E-state index in [0.717, 1.165) is 6.54 Å². The number of hydrogen-bond donors (Lipinski definition) is 1. The molecule has 0 aromatic heterocycles. The molecule has 0 bridgehead atoms. The van der Waals surface area contributed by atoms with Gasteiger partial charge < -0.3 is 10.2 Å². The van der Waals surface area contributed by atoms with Crippen molar-refractivity contribution >= 4 is 15.9 Å². The Morgan fingerprint density at radius 3 is 2.71 bits per heavy atom. The van der Waals surface area contributed by atoms with Crippen molar-refractivity contribution in [1.82, 2.24) is 14.5 Å². The maximum atomic E-state index is 11.7. The van der Waals surface area contributed by atoms with Crippen LogP contribution >= 0.6 is 0 Å². The third-order valence-corrected chi connectivity index (χ3v) is 4.86. The average Bonchev–Trinajstić information content (AvgIpc) is 2.62. The first kappa shape index (κ1) is 14.4. The third kappa shape index (κ3) is 4.25. The van der Waals surface area contributed by atoms with Gasteiger partial charge in [-0.15, -0.1) is 0 Å². The number of hydrogen-bond acceptors (Lipinski definition) is 4. The van der Waals surface area contributed by atoms with Crippen molar-refractivity contribution in [1.29, 1.82) is 0 Å². The summed E-state index contributed by atoms with van der Waals surface area (Å²) in [5, 5.41) is 2.96. The van der Waals surface area contributed by atoms with Gasteiger partial charge in [0, 0.05) is 39.6 Å². The van der Waals surface area contributed by atoms with Gasteiger partial charge in [-0.25, -0.2) is 12.7 Å². The Morgan fingerprint density at radius 1 is 1.47 bits per heavy atom. The molecule has 1 rings (SSSR count). The van der Waals surface area contributed by atoms with Gasteiger partial charge in [0.2, 0.25) is 15.9 Å². The molecule has 0 aliphatic carbocycles. The van der Waals surface area contributed by atoms with Crippen LogP contribution in [0.2, 0.25) is 0 Å². The summed E-state index contributed by atoms with van der Waals surface area (Å²) in [4.78, 5) is 13.3. The predicted octanol–water partition coefficient (Wildman–Crippen LogP) is -0.910. The fraction of sp³-hybridized carbons (Fsp3) is 0.900. The van der Waals surface area contributed by atoms with Gasteiger partial charge in [-0.05, 0) is 13.5 Å². The molecule has 1 saturated heterocycles. The van der Waals surface area contributed by atoms with Crippen LogP contribution in [0.1, 0.15) is 12.8 Å². The molecule has 0 spiro atoms. The standard InChI is InChI=1S/C10H21N3O3S/c1-11-5-8-12(2)10(14)4-7-13-6-3-9-17(13,15)16/h11H,3-9H2,1-2H3. The van der Waals surface area contributed by atoms with E-state index < -0.39 is 10.0 Å². The van der Waals surface area contributed by atoms with E-state index >= 15 is 0 Å². The lowest BCUT2D eigenvalue weighted by atomic mass is 10.3. The molecular formula is C10H21N3O3S. The molecule has 1 fully saturated rings. The highest BCUT2D eigenvalue weighted by molar-refractivity contribution is 7.89. The predicted molar refractivity (Wildman–Crippen MR) is 66.2 cm³/mol. The van der Waals surface area contributed by atoms with Crippen molar-refractivity contribution < 1.29 is 13.2 Å². The van der Waals surface area contributed by atoms with Gasteiger partial charge in [0.1, 0.15) is 0 Å². The van der Waals surface area contributed by atoms with Crippen molar-refractivity contribution in [3.63, 3.8) is 0 Å². The number of nitrogens with zero attached hydrogens (tertiary/aromatic N) is 2.